The molecular weight excluding hydrogens is 396 g/mol. The molecule has 3 N–H and O–H groups in total. The lowest BCUT2D eigenvalue weighted by Gasteiger charge is -2.11. The van der Waals surface area contributed by atoms with Crippen molar-refractivity contribution in [2.24, 2.45) is 0 Å². The maximum Gasteiger partial charge on any atom is 0.293 e. The molecule has 0 aliphatic rings. The fourth-order valence-corrected chi connectivity index (χ4v) is 3.90. The van der Waals surface area contributed by atoms with Gasteiger partial charge in [-0.1, -0.05) is 30.3 Å². The first kappa shape index (κ1) is 20.4. The highest BCUT2D eigenvalue weighted by Gasteiger charge is 2.22. The summed E-state index contributed by atoms with van der Waals surface area (Å²) in [5.41, 5.74) is 0.670. The average molecular weight is 416 g/mol. The van der Waals surface area contributed by atoms with Gasteiger partial charge in [-0.25, -0.2) is 18.1 Å². The molecule has 0 saturated heterocycles. The molecule has 0 amide bonds. The number of nitro benzene ring substituents is 1. The van der Waals surface area contributed by atoms with E-state index in [9.17, 15) is 18.5 Å². The molecule has 1 aromatic heterocycles. The molecule has 1 heterocycles. The summed E-state index contributed by atoms with van der Waals surface area (Å²) >= 11 is 0. The number of nitro groups is 1. The monoisotopic (exact) mass is 416 g/mol. The Labute approximate surface area is 167 Å². The van der Waals surface area contributed by atoms with E-state index < -0.39 is 14.9 Å². The molecule has 0 bridgehead atoms. The van der Waals surface area contributed by atoms with Crippen LogP contribution in [0.2, 0.25) is 0 Å². The molecule has 2 aromatic carbocycles. The third kappa shape index (κ3) is 4.95. The summed E-state index contributed by atoms with van der Waals surface area (Å²) in [6.07, 6.45) is 0. The van der Waals surface area contributed by atoms with Gasteiger partial charge in [0, 0.05) is 17.7 Å². The number of hydrogen-bond acceptors (Lipinski definition) is 7. The van der Waals surface area contributed by atoms with Gasteiger partial charge in [-0.15, -0.1) is 0 Å². The zero-order valence-electron chi connectivity index (χ0n) is 15.8. The van der Waals surface area contributed by atoms with Gasteiger partial charge in [0.1, 0.15) is 11.5 Å². The van der Waals surface area contributed by atoms with Gasteiger partial charge in [0.15, 0.2) is 5.82 Å². The van der Waals surface area contributed by atoms with Crippen molar-refractivity contribution in [2.75, 3.05) is 5.32 Å². The Balaban J connectivity index is 1.79. The van der Waals surface area contributed by atoms with Crippen molar-refractivity contribution in [1.29, 1.82) is 0 Å². The number of H-pyrrole nitrogens is 1. The average Bonchev–Trinajstić information content (AvgIpc) is 3.15. The number of sulfonamides is 1. The zero-order chi connectivity index (χ0) is 21.0. The van der Waals surface area contributed by atoms with Crippen LogP contribution in [0.4, 0.5) is 11.4 Å². The minimum atomic E-state index is -3.84. The minimum absolute atomic E-state index is 0.150. The molecule has 3 aromatic rings. The molecule has 0 atom stereocenters. The Morgan fingerprint density at radius 3 is 2.55 bits per heavy atom. The van der Waals surface area contributed by atoms with Crippen molar-refractivity contribution in [2.45, 2.75) is 31.3 Å². The highest BCUT2D eigenvalue weighted by atomic mass is 32.2. The lowest BCUT2D eigenvalue weighted by atomic mass is 10.2. The van der Waals surface area contributed by atoms with Crippen molar-refractivity contribution in [3.05, 3.63) is 64.5 Å². The minimum Gasteiger partial charge on any atom is -0.372 e. The number of nitrogens with zero attached hydrogens (tertiary/aromatic N) is 3. The third-order valence-electron chi connectivity index (χ3n) is 3.88. The molecular formula is C18H20N6O4S. The van der Waals surface area contributed by atoms with E-state index in [1.165, 1.54) is 12.1 Å². The maximum absolute atomic E-state index is 12.3. The topological polar surface area (TPSA) is 143 Å². The molecule has 3 rings (SSSR count). The van der Waals surface area contributed by atoms with Gasteiger partial charge in [0.2, 0.25) is 10.0 Å². The van der Waals surface area contributed by atoms with E-state index in [-0.39, 0.29) is 28.9 Å². The summed E-state index contributed by atoms with van der Waals surface area (Å²) in [4.78, 5) is 15.0. The number of anilines is 1. The van der Waals surface area contributed by atoms with Gasteiger partial charge in [-0.2, -0.15) is 5.10 Å². The van der Waals surface area contributed by atoms with Crippen LogP contribution in [0.15, 0.2) is 53.4 Å². The third-order valence-corrected chi connectivity index (χ3v) is 5.53. The molecule has 152 valence electrons. The first-order valence-electron chi connectivity index (χ1n) is 8.77. The number of benzene rings is 2. The summed E-state index contributed by atoms with van der Waals surface area (Å²) in [5.74, 6) is 0.995. The van der Waals surface area contributed by atoms with Crippen LogP contribution in [-0.2, 0) is 16.6 Å². The van der Waals surface area contributed by atoms with Crippen LogP contribution in [0.1, 0.15) is 19.7 Å². The first-order chi connectivity index (χ1) is 13.8. The molecule has 0 radical (unpaired) electrons. The van der Waals surface area contributed by atoms with Gasteiger partial charge in [0.05, 0.1) is 16.4 Å². The normalized spacial score (nSPS) is 11.6. The Morgan fingerprint density at radius 2 is 1.90 bits per heavy atom. The molecule has 0 unspecified atom stereocenters. The van der Waals surface area contributed by atoms with Crippen LogP contribution in [0, 0.1) is 10.1 Å². The molecule has 29 heavy (non-hydrogen) atoms. The van der Waals surface area contributed by atoms with Crippen LogP contribution < -0.4 is 10.0 Å². The van der Waals surface area contributed by atoms with Gasteiger partial charge in [-0.05, 0) is 26.0 Å². The molecule has 0 saturated carbocycles. The molecule has 0 spiro atoms. The lowest BCUT2D eigenvalue weighted by molar-refractivity contribution is -0.384. The predicted octanol–water partition coefficient (Wildman–Crippen LogP) is 2.68. The largest absolute Gasteiger partial charge is 0.372 e. The zero-order valence-corrected chi connectivity index (χ0v) is 16.6. The van der Waals surface area contributed by atoms with Gasteiger partial charge in [-0.3, -0.25) is 15.2 Å². The maximum atomic E-state index is 12.3. The van der Waals surface area contributed by atoms with Crippen LogP contribution >= 0.6 is 0 Å². The van der Waals surface area contributed by atoms with E-state index in [1.807, 2.05) is 30.3 Å². The second-order valence-electron chi connectivity index (χ2n) is 6.54. The first-order valence-corrected chi connectivity index (χ1v) is 10.3. The standard InChI is InChI=1S/C18H20N6O4S/c1-12(2)23-29(27,28)14-8-9-15(16(10-14)24(25)26)19-11-17-20-18(22-21-17)13-6-4-3-5-7-13/h3-10,12,19,23H,11H2,1-2H3,(H,20,21,22). The fourth-order valence-electron chi connectivity index (χ4n) is 2.63. The van der Waals surface area contributed by atoms with E-state index in [0.29, 0.717) is 11.6 Å². The summed E-state index contributed by atoms with van der Waals surface area (Å²) in [5, 5.41) is 21.3. The van der Waals surface area contributed by atoms with Gasteiger partial charge >= 0.3 is 0 Å². The fraction of sp³-hybridized carbons (Fsp3) is 0.222. The summed E-state index contributed by atoms with van der Waals surface area (Å²) < 4.78 is 26.9. The molecule has 11 heteroatoms. The quantitative estimate of drug-likeness (QED) is 0.378. The molecule has 0 fully saturated rings. The number of aromatic nitrogens is 3. The SMILES string of the molecule is CC(C)NS(=O)(=O)c1ccc(NCc2nc(-c3ccccc3)n[nH]2)c([N+](=O)[O-])c1. The second kappa shape index (κ2) is 8.37. The Bertz CT molecular complexity index is 1110. The summed E-state index contributed by atoms with van der Waals surface area (Å²) in [6, 6.07) is 12.7. The van der Waals surface area contributed by atoms with Gasteiger partial charge < -0.3 is 5.32 Å². The second-order valence-corrected chi connectivity index (χ2v) is 8.25. The van der Waals surface area contributed by atoms with Crippen molar-refractivity contribution >= 4 is 21.4 Å². The van der Waals surface area contributed by atoms with E-state index in [1.54, 1.807) is 13.8 Å². The summed E-state index contributed by atoms with van der Waals surface area (Å²) in [6.45, 7) is 3.49. The smallest absolute Gasteiger partial charge is 0.293 e. The van der Waals surface area contributed by atoms with E-state index in [0.717, 1.165) is 11.6 Å². The Hall–Kier alpha value is -3.31. The molecule has 0 aliphatic heterocycles. The van der Waals surface area contributed by atoms with Crippen LogP contribution in [-0.4, -0.2) is 34.6 Å². The highest BCUT2D eigenvalue weighted by Crippen LogP contribution is 2.28. The van der Waals surface area contributed by atoms with E-state index in [4.69, 9.17) is 0 Å². The van der Waals surface area contributed by atoms with E-state index in [2.05, 4.69) is 25.2 Å². The number of aromatic amines is 1. The summed E-state index contributed by atoms with van der Waals surface area (Å²) in [7, 11) is -3.84. The Morgan fingerprint density at radius 1 is 1.17 bits per heavy atom. The highest BCUT2D eigenvalue weighted by molar-refractivity contribution is 7.89. The number of nitrogens with one attached hydrogen (secondary N) is 3. The van der Waals surface area contributed by atoms with Crippen molar-refractivity contribution in [3.8, 4) is 11.4 Å². The van der Waals surface area contributed by atoms with Crippen LogP contribution in [0.5, 0.6) is 0 Å². The molecule has 0 aliphatic carbocycles. The van der Waals surface area contributed by atoms with Crippen molar-refractivity contribution in [3.63, 3.8) is 0 Å². The van der Waals surface area contributed by atoms with E-state index >= 15 is 0 Å². The van der Waals surface area contributed by atoms with Crippen molar-refractivity contribution < 1.29 is 13.3 Å². The number of rotatable bonds is 8. The van der Waals surface area contributed by atoms with Crippen molar-refractivity contribution in [1.82, 2.24) is 19.9 Å². The lowest BCUT2D eigenvalue weighted by Crippen LogP contribution is -2.30. The van der Waals surface area contributed by atoms with Crippen LogP contribution in [0.3, 0.4) is 0 Å². The number of hydrogen-bond donors (Lipinski definition) is 3. The van der Waals surface area contributed by atoms with Crippen LogP contribution in [0.25, 0.3) is 11.4 Å². The Kier molecular flexibility index (Phi) is 5.89. The molecule has 10 nitrogen and oxygen atoms in total. The predicted molar refractivity (Wildman–Crippen MR) is 108 cm³/mol. The van der Waals surface area contributed by atoms with Gasteiger partial charge in [0.25, 0.3) is 5.69 Å².